The van der Waals surface area contributed by atoms with Gasteiger partial charge >= 0.3 is 0 Å². The maximum absolute atomic E-state index is 13.0. The number of benzene rings is 2. The summed E-state index contributed by atoms with van der Waals surface area (Å²) in [5, 5.41) is 10.5. The zero-order valence-corrected chi connectivity index (χ0v) is 13.4. The molecule has 2 aliphatic heterocycles. The molecule has 25 heavy (non-hydrogen) atoms. The molecule has 0 amide bonds. The standard InChI is InChI=1S/C19H16FN3O2/c20-13-1-3-15(4-2-13)25-16-5-6-18-12(7-16)9-21-22-19(18)23-10-17-8-14(23)11-24-17/h1-7,9,14,17H,8,10-11H2/t14-,17-/m0/s1. The van der Waals surface area contributed by atoms with Crippen molar-refractivity contribution in [3.63, 3.8) is 0 Å². The van der Waals surface area contributed by atoms with Crippen LogP contribution in [0.3, 0.4) is 0 Å². The smallest absolute Gasteiger partial charge is 0.159 e. The lowest BCUT2D eigenvalue weighted by atomic mass is 10.1. The first-order chi connectivity index (χ1) is 12.3. The van der Waals surface area contributed by atoms with Gasteiger partial charge < -0.3 is 14.4 Å². The van der Waals surface area contributed by atoms with Crippen molar-refractivity contribution in [2.45, 2.75) is 18.6 Å². The highest BCUT2D eigenvalue weighted by Crippen LogP contribution is 2.36. The van der Waals surface area contributed by atoms with Gasteiger partial charge in [0.2, 0.25) is 0 Å². The minimum Gasteiger partial charge on any atom is -0.457 e. The molecule has 2 atom stereocenters. The van der Waals surface area contributed by atoms with E-state index >= 15 is 0 Å². The molecule has 0 N–H and O–H groups in total. The van der Waals surface area contributed by atoms with Crippen LogP contribution in [0.25, 0.3) is 10.8 Å². The van der Waals surface area contributed by atoms with Crippen LogP contribution < -0.4 is 9.64 Å². The van der Waals surface area contributed by atoms with Gasteiger partial charge in [0.15, 0.2) is 5.82 Å². The fraction of sp³-hybridized carbons (Fsp3) is 0.263. The summed E-state index contributed by atoms with van der Waals surface area (Å²) in [5.74, 6) is 1.90. The van der Waals surface area contributed by atoms with Crippen LogP contribution in [-0.4, -0.2) is 35.5 Å². The lowest BCUT2D eigenvalue weighted by Crippen LogP contribution is -2.37. The number of hydrogen-bond donors (Lipinski definition) is 0. The fourth-order valence-electron chi connectivity index (χ4n) is 3.62. The van der Waals surface area contributed by atoms with Gasteiger partial charge in [-0.25, -0.2) is 4.39 Å². The minimum absolute atomic E-state index is 0.283. The van der Waals surface area contributed by atoms with E-state index in [1.807, 2.05) is 18.2 Å². The maximum atomic E-state index is 13.0. The van der Waals surface area contributed by atoms with E-state index in [1.165, 1.54) is 12.1 Å². The number of anilines is 1. The van der Waals surface area contributed by atoms with E-state index in [2.05, 4.69) is 15.1 Å². The van der Waals surface area contributed by atoms with Gasteiger partial charge in [0.05, 0.1) is 24.9 Å². The zero-order chi connectivity index (χ0) is 16.8. The second kappa shape index (κ2) is 5.67. The largest absolute Gasteiger partial charge is 0.457 e. The van der Waals surface area contributed by atoms with E-state index in [1.54, 1.807) is 18.3 Å². The van der Waals surface area contributed by atoms with Crippen molar-refractivity contribution < 1.29 is 13.9 Å². The first-order valence-electron chi connectivity index (χ1n) is 8.33. The minimum atomic E-state index is -0.283. The number of halogens is 1. The number of morpholine rings is 1. The molecule has 3 aromatic rings. The first-order valence-corrected chi connectivity index (χ1v) is 8.33. The Balaban J connectivity index is 1.48. The van der Waals surface area contributed by atoms with Gasteiger partial charge in [0.1, 0.15) is 17.3 Å². The lowest BCUT2D eigenvalue weighted by molar-refractivity contribution is 0.0989. The third kappa shape index (κ3) is 2.59. The van der Waals surface area contributed by atoms with E-state index in [9.17, 15) is 4.39 Å². The Hall–Kier alpha value is -2.73. The average Bonchev–Trinajstić information content (AvgIpc) is 3.26. The summed E-state index contributed by atoms with van der Waals surface area (Å²) in [6.07, 6.45) is 3.11. The van der Waals surface area contributed by atoms with Crippen LogP contribution in [0.2, 0.25) is 0 Å². The van der Waals surface area contributed by atoms with Gasteiger partial charge in [0.25, 0.3) is 0 Å². The van der Waals surface area contributed by atoms with Crippen molar-refractivity contribution >= 4 is 16.6 Å². The highest BCUT2D eigenvalue weighted by Gasteiger charge is 2.40. The van der Waals surface area contributed by atoms with Crippen molar-refractivity contribution in [2.75, 3.05) is 18.1 Å². The number of fused-ring (bicyclic) bond motifs is 3. The van der Waals surface area contributed by atoms with Gasteiger partial charge in [-0.05, 0) is 48.9 Å². The van der Waals surface area contributed by atoms with Crippen molar-refractivity contribution in [1.82, 2.24) is 10.2 Å². The highest BCUT2D eigenvalue weighted by atomic mass is 19.1. The molecular formula is C19H16FN3O2. The molecule has 6 heteroatoms. The molecule has 2 saturated heterocycles. The Bertz CT molecular complexity index is 932. The SMILES string of the molecule is Fc1ccc(Oc2ccc3c(N4C[C@@H]5C[C@H]4CO5)nncc3c2)cc1. The first kappa shape index (κ1) is 14.6. The number of rotatable bonds is 3. The van der Waals surface area contributed by atoms with Gasteiger partial charge in [0, 0.05) is 17.3 Å². The average molecular weight is 337 g/mol. The van der Waals surface area contributed by atoms with Crippen LogP contribution in [0.4, 0.5) is 10.2 Å². The van der Waals surface area contributed by atoms with Crippen LogP contribution in [0.1, 0.15) is 6.42 Å². The van der Waals surface area contributed by atoms with Crippen molar-refractivity contribution in [2.24, 2.45) is 0 Å². The van der Waals surface area contributed by atoms with Crippen LogP contribution in [0, 0.1) is 5.82 Å². The third-order valence-electron chi connectivity index (χ3n) is 4.83. The van der Waals surface area contributed by atoms with Crippen molar-refractivity contribution in [3.8, 4) is 11.5 Å². The predicted octanol–water partition coefficient (Wildman–Crippen LogP) is 3.54. The normalized spacial score (nSPS) is 21.9. The quantitative estimate of drug-likeness (QED) is 0.732. The monoisotopic (exact) mass is 337 g/mol. The Kier molecular flexibility index (Phi) is 3.31. The second-order valence-electron chi connectivity index (χ2n) is 6.47. The topological polar surface area (TPSA) is 47.5 Å². The zero-order valence-electron chi connectivity index (χ0n) is 13.4. The van der Waals surface area contributed by atoms with Crippen LogP contribution in [-0.2, 0) is 4.74 Å². The lowest BCUT2D eigenvalue weighted by Gasteiger charge is -2.28. The van der Waals surface area contributed by atoms with Crippen molar-refractivity contribution in [1.29, 1.82) is 0 Å². The fourth-order valence-corrected chi connectivity index (χ4v) is 3.62. The summed E-state index contributed by atoms with van der Waals surface area (Å²) in [6, 6.07) is 12.2. The molecule has 2 fully saturated rings. The van der Waals surface area contributed by atoms with E-state index < -0.39 is 0 Å². The molecule has 1 aromatic heterocycles. The van der Waals surface area contributed by atoms with Gasteiger partial charge in [-0.3, -0.25) is 0 Å². The van der Waals surface area contributed by atoms with Crippen LogP contribution in [0.5, 0.6) is 11.5 Å². The van der Waals surface area contributed by atoms with Gasteiger partial charge in [-0.15, -0.1) is 5.10 Å². The molecule has 3 heterocycles. The molecular weight excluding hydrogens is 321 g/mol. The van der Waals surface area contributed by atoms with E-state index in [4.69, 9.17) is 9.47 Å². The Morgan fingerprint density at radius 3 is 2.72 bits per heavy atom. The molecule has 2 bridgehead atoms. The maximum Gasteiger partial charge on any atom is 0.159 e. The number of aromatic nitrogens is 2. The summed E-state index contributed by atoms with van der Waals surface area (Å²) in [4.78, 5) is 2.30. The van der Waals surface area contributed by atoms with Gasteiger partial charge in [-0.1, -0.05) is 0 Å². The third-order valence-corrected chi connectivity index (χ3v) is 4.83. The Morgan fingerprint density at radius 1 is 1.12 bits per heavy atom. The summed E-state index contributed by atoms with van der Waals surface area (Å²) in [6.45, 7) is 1.63. The molecule has 0 unspecified atom stereocenters. The Morgan fingerprint density at radius 2 is 1.96 bits per heavy atom. The van der Waals surface area contributed by atoms with Crippen molar-refractivity contribution in [3.05, 3.63) is 54.5 Å². The van der Waals surface area contributed by atoms with E-state index in [-0.39, 0.29) is 5.82 Å². The highest BCUT2D eigenvalue weighted by molar-refractivity contribution is 5.92. The second-order valence-corrected chi connectivity index (χ2v) is 6.47. The van der Waals surface area contributed by atoms with Crippen LogP contribution >= 0.6 is 0 Å². The Labute approximate surface area is 144 Å². The molecule has 2 aliphatic rings. The molecule has 0 radical (unpaired) electrons. The number of nitrogens with zero attached hydrogens (tertiary/aromatic N) is 3. The molecule has 2 aromatic carbocycles. The summed E-state index contributed by atoms with van der Waals surface area (Å²) in [5.41, 5.74) is 0. The molecule has 0 aliphatic carbocycles. The van der Waals surface area contributed by atoms with Crippen LogP contribution in [0.15, 0.2) is 48.7 Å². The van der Waals surface area contributed by atoms with Gasteiger partial charge in [-0.2, -0.15) is 5.10 Å². The molecule has 0 saturated carbocycles. The summed E-state index contributed by atoms with van der Waals surface area (Å²) >= 11 is 0. The summed E-state index contributed by atoms with van der Waals surface area (Å²) < 4.78 is 24.5. The van der Waals surface area contributed by atoms with E-state index in [0.29, 0.717) is 23.6 Å². The van der Waals surface area contributed by atoms with E-state index in [0.717, 1.165) is 36.2 Å². The summed E-state index contributed by atoms with van der Waals surface area (Å²) in [7, 11) is 0. The molecule has 0 spiro atoms. The number of ether oxygens (including phenoxy) is 2. The number of hydrogen-bond acceptors (Lipinski definition) is 5. The molecule has 5 rings (SSSR count). The molecule has 126 valence electrons. The predicted molar refractivity (Wildman–Crippen MR) is 91.5 cm³/mol. The molecule has 5 nitrogen and oxygen atoms in total.